The van der Waals surface area contributed by atoms with Gasteiger partial charge < -0.3 is 9.80 Å². The monoisotopic (exact) mass is 659 g/mol. The molecular formula is C45H29N3OS. The van der Waals surface area contributed by atoms with E-state index in [0.717, 1.165) is 82.9 Å². The molecule has 10 rings (SSSR count). The summed E-state index contributed by atoms with van der Waals surface area (Å²) in [5, 5.41) is 2.33. The standard InChI is InChI=1S/C45H29N3OS/c49-50-43-25-11-10-23-39(43)47(33-20-8-3-9-21-33)42-29-41-36(28-44(42)50)35-22-12-18-32-19-13-24-40(45(32)35)48(41)34-26-37(30-14-4-1-5-15-30)46-38(27-34)31-16-6-2-7-17-31/h1-29H. The second-order valence-electron chi connectivity index (χ2n) is 12.6. The molecule has 4 nitrogen and oxygen atoms in total. The summed E-state index contributed by atoms with van der Waals surface area (Å²) in [6.45, 7) is 0. The van der Waals surface area contributed by atoms with Gasteiger partial charge in [-0.05, 0) is 65.5 Å². The Kier molecular flexibility index (Phi) is 6.54. The summed E-state index contributed by atoms with van der Waals surface area (Å²) in [5.74, 6) is 0. The molecule has 236 valence electrons. The van der Waals surface area contributed by atoms with E-state index in [4.69, 9.17) is 4.98 Å². The summed E-state index contributed by atoms with van der Waals surface area (Å²) >= 11 is 0. The molecule has 2 aliphatic rings. The molecule has 8 aromatic rings. The fourth-order valence-corrected chi connectivity index (χ4v) is 8.84. The molecule has 0 saturated heterocycles. The summed E-state index contributed by atoms with van der Waals surface area (Å²) in [4.78, 5) is 11.4. The molecule has 0 N–H and O–H groups in total. The number of anilines is 6. The van der Waals surface area contributed by atoms with Crippen LogP contribution < -0.4 is 9.80 Å². The number of pyridine rings is 1. The first-order chi connectivity index (χ1) is 24.7. The van der Waals surface area contributed by atoms with E-state index in [1.165, 1.54) is 5.39 Å². The number of hydrogen-bond donors (Lipinski definition) is 0. The zero-order valence-corrected chi connectivity index (χ0v) is 27.7. The minimum Gasteiger partial charge on any atom is -0.309 e. The van der Waals surface area contributed by atoms with Crippen molar-refractivity contribution in [3.63, 3.8) is 0 Å². The van der Waals surface area contributed by atoms with Gasteiger partial charge in [0.05, 0.1) is 60.4 Å². The lowest BCUT2D eigenvalue weighted by Crippen LogP contribution is -2.22. The first kappa shape index (κ1) is 28.7. The summed E-state index contributed by atoms with van der Waals surface area (Å²) in [6.07, 6.45) is 0. The molecule has 1 atom stereocenters. The Bertz CT molecular complexity index is 2560. The summed E-state index contributed by atoms with van der Waals surface area (Å²) in [7, 11) is -1.37. The van der Waals surface area contributed by atoms with Crippen LogP contribution in [0.5, 0.6) is 0 Å². The normalized spacial score (nSPS) is 14.2. The zero-order chi connectivity index (χ0) is 33.2. The number of nitrogens with zero attached hydrogens (tertiary/aromatic N) is 3. The smallest absolute Gasteiger partial charge is 0.0892 e. The van der Waals surface area contributed by atoms with Crippen molar-refractivity contribution in [1.82, 2.24) is 4.98 Å². The van der Waals surface area contributed by atoms with Crippen LogP contribution in [0.1, 0.15) is 0 Å². The molecule has 0 radical (unpaired) electrons. The Morgan fingerprint density at radius 3 is 1.70 bits per heavy atom. The number of rotatable bonds is 4. The highest BCUT2D eigenvalue weighted by atomic mass is 32.2. The highest BCUT2D eigenvalue weighted by Gasteiger charge is 2.34. The van der Waals surface area contributed by atoms with E-state index in [9.17, 15) is 4.21 Å². The lowest BCUT2D eigenvalue weighted by molar-refractivity contribution is 0.682. The molecule has 0 fully saturated rings. The van der Waals surface area contributed by atoms with Gasteiger partial charge >= 0.3 is 0 Å². The van der Waals surface area contributed by atoms with E-state index in [1.54, 1.807) is 0 Å². The van der Waals surface area contributed by atoms with Gasteiger partial charge in [-0.3, -0.25) is 0 Å². The molecule has 0 amide bonds. The number of hydrogen-bond acceptors (Lipinski definition) is 4. The van der Waals surface area contributed by atoms with E-state index in [-0.39, 0.29) is 0 Å². The minimum absolute atomic E-state index is 0.798. The Labute approximate surface area is 293 Å². The Balaban J connectivity index is 1.29. The van der Waals surface area contributed by atoms with Gasteiger partial charge in [0.2, 0.25) is 0 Å². The molecule has 2 aliphatic heterocycles. The van der Waals surface area contributed by atoms with Gasteiger partial charge in [-0.25, -0.2) is 9.19 Å². The van der Waals surface area contributed by atoms with Crippen molar-refractivity contribution in [2.45, 2.75) is 9.79 Å². The maximum Gasteiger partial charge on any atom is 0.0892 e. The lowest BCUT2D eigenvalue weighted by atomic mass is 9.90. The first-order valence-corrected chi connectivity index (χ1v) is 17.9. The van der Waals surface area contributed by atoms with Crippen LogP contribution in [0.4, 0.5) is 34.1 Å². The minimum atomic E-state index is -1.37. The van der Waals surface area contributed by atoms with Crippen molar-refractivity contribution in [3.8, 4) is 33.6 Å². The number of fused-ring (bicyclic) bond motifs is 4. The molecule has 0 aliphatic carbocycles. The van der Waals surface area contributed by atoms with Crippen molar-refractivity contribution >= 4 is 55.7 Å². The maximum atomic E-state index is 14.5. The molecule has 1 aromatic heterocycles. The van der Waals surface area contributed by atoms with Crippen LogP contribution in [0.15, 0.2) is 186 Å². The van der Waals surface area contributed by atoms with Gasteiger partial charge in [-0.15, -0.1) is 0 Å². The fourth-order valence-electron chi connectivity index (χ4n) is 7.48. The summed E-state index contributed by atoms with van der Waals surface area (Å²) < 4.78 is 14.5. The van der Waals surface area contributed by atoms with Crippen LogP contribution in [0, 0.1) is 0 Å². The van der Waals surface area contributed by atoms with Crippen molar-refractivity contribution in [2.24, 2.45) is 0 Å². The molecule has 5 heteroatoms. The van der Waals surface area contributed by atoms with Crippen molar-refractivity contribution in [1.29, 1.82) is 0 Å². The fraction of sp³-hybridized carbons (Fsp3) is 0. The molecule has 50 heavy (non-hydrogen) atoms. The topological polar surface area (TPSA) is 36.4 Å². The van der Waals surface area contributed by atoms with E-state index in [0.29, 0.717) is 0 Å². The molecule has 7 aromatic carbocycles. The van der Waals surface area contributed by atoms with Crippen LogP contribution in [-0.4, -0.2) is 9.19 Å². The first-order valence-electron chi connectivity index (χ1n) is 16.7. The number of aromatic nitrogens is 1. The third-order valence-electron chi connectivity index (χ3n) is 9.70. The highest BCUT2D eigenvalue weighted by Crippen LogP contribution is 2.56. The van der Waals surface area contributed by atoms with Gasteiger partial charge in [0, 0.05) is 27.8 Å². The molecule has 1 unspecified atom stereocenters. The van der Waals surface area contributed by atoms with Crippen LogP contribution in [0.25, 0.3) is 44.4 Å². The largest absolute Gasteiger partial charge is 0.309 e. The Hall–Kier alpha value is -6.30. The Morgan fingerprint density at radius 2 is 1.00 bits per heavy atom. The second-order valence-corrected chi connectivity index (χ2v) is 14.0. The molecule has 0 bridgehead atoms. The quantitative estimate of drug-likeness (QED) is 0.188. The third-order valence-corrected chi connectivity index (χ3v) is 11.2. The number of para-hydroxylation sites is 2. The maximum absolute atomic E-state index is 14.5. The third kappa shape index (κ3) is 4.44. The van der Waals surface area contributed by atoms with Crippen LogP contribution >= 0.6 is 0 Å². The SMILES string of the molecule is O=S1c2ccccc2N(c2ccccc2)c2cc3c(cc21)-c1cccc2cccc(c12)N3c1cc(-c2ccccc2)nc(-c2ccccc2)c1. The zero-order valence-electron chi connectivity index (χ0n) is 26.9. The van der Waals surface area contributed by atoms with Crippen LogP contribution in [0.2, 0.25) is 0 Å². The van der Waals surface area contributed by atoms with Gasteiger partial charge in [-0.2, -0.15) is 0 Å². The van der Waals surface area contributed by atoms with Gasteiger partial charge in [0.25, 0.3) is 0 Å². The predicted molar refractivity (Wildman–Crippen MR) is 206 cm³/mol. The molecular weight excluding hydrogens is 631 g/mol. The lowest BCUT2D eigenvalue weighted by Gasteiger charge is -2.38. The van der Waals surface area contributed by atoms with Gasteiger partial charge in [-0.1, -0.05) is 121 Å². The van der Waals surface area contributed by atoms with E-state index in [2.05, 4.69) is 149 Å². The van der Waals surface area contributed by atoms with Crippen molar-refractivity contribution in [3.05, 3.63) is 176 Å². The van der Waals surface area contributed by atoms with E-state index >= 15 is 0 Å². The van der Waals surface area contributed by atoms with Gasteiger partial charge in [0.1, 0.15) is 0 Å². The summed E-state index contributed by atoms with van der Waals surface area (Å²) in [6, 6.07) is 61.0. The highest BCUT2D eigenvalue weighted by molar-refractivity contribution is 7.85. The predicted octanol–water partition coefficient (Wildman–Crippen LogP) is 12.0. The van der Waals surface area contributed by atoms with Gasteiger partial charge in [0.15, 0.2) is 0 Å². The van der Waals surface area contributed by atoms with Crippen LogP contribution in [0.3, 0.4) is 0 Å². The molecule has 0 saturated carbocycles. The Morgan fingerprint density at radius 1 is 0.420 bits per heavy atom. The van der Waals surface area contributed by atoms with E-state index < -0.39 is 10.8 Å². The average molecular weight is 660 g/mol. The van der Waals surface area contributed by atoms with Crippen molar-refractivity contribution < 1.29 is 4.21 Å². The average Bonchev–Trinajstić information content (AvgIpc) is 3.19. The second kappa shape index (κ2) is 11.4. The van der Waals surface area contributed by atoms with E-state index in [1.807, 2.05) is 36.4 Å². The molecule has 3 heterocycles. The van der Waals surface area contributed by atoms with Crippen molar-refractivity contribution in [2.75, 3.05) is 9.80 Å². The molecule has 0 spiro atoms. The number of benzene rings is 7. The van der Waals surface area contributed by atoms with Crippen LogP contribution in [-0.2, 0) is 10.8 Å². The summed E-state index contributed by atoms with van der Waals surface area (Å²) in [5.41, 5.74) is 12.1.